The van der Waals surface area contributed by atoms with Gasteiger partial charge in [0.05, 0.1) is 5.54 Å². The largest absolute Gasteiger partial charge is 0.286 e. The van der Waals surface area contributed by atoms with Gasteiger partial charge in [0, 0.05) is 5.92 Å². The molecule has 1 nitrogen and oxygen atoms in total. The van der Waals surface area contributed by atoms with E-state index in [0.717, 1.165) is 6.42 Å². The lowest BCUT2D eigenvalue weighted by Crippen LogP contribution is -2.06. The summed E-state index contributed by atoms with van der Waals surface area (Å²) in [5.41, 5.74) is 1.48. The zero-order chi connectivity index (χ0) is 8.48. The van der Waals surface area contributed by atoms with Crippen LogP contribution in [0.5, 0.6) is 0 Å². The Hall–Kier alpha value is -0.590. The predicted octanol–water partition coefficient (Wildman–Crippen LogP) is 2.82. The Balaban J connectivity index is 2.74. The van der Waals surface area contributed by atoms with Crippen molar-refractivity contribution in [1.29, 1.82) is 0 Å². The standard InChI is InChI=1S/C10H17N/c1-5-9-8(4)10(9,6-2)11-7-3/h7,9H,4-6H2,1-3H3. The molecule has 0 aromatic carbocycles. The van der Waals surface area contributed by atoms with Crippen molar-refractivity contribution in [2.45, 2.75) is 39.2 Å². The Morgan fingerprint density at radius 1 is 1.64 bits per heavy atom. The van der Waals surface area contributed by atoms with Crippen molar-refractivity contribution < 1.29 is 0 Å². The SMILES string of the molecule is C=C1C(CC)C1(CC)N=CC. The summed E-state index contributed by atoms with van der Waals surface area (Å²) in [6.07, 6.45) is 4.20. The van der Waals surface area contributed by atoms with Gasteiger partial charge >= 0.3 is 0 Å². The summed E-state index contributed by atoms with van der Waals surface area (Å²) in [6.45, 7) is 10.4. The van der Waals surface area contributed by atoms with Gasteiger partial charge < -0.3 is 0 Å². The van der Waals surface area contributed by atoms with Crippen molar-refractivity contribution in [2.24, 2.45) is 10.9 Å². The van der Waals surface area contributed by atoms with Crippen molar-refractivity contribution in [2.75, 3.05) is 0 Å². The Kier molecular flexibility index (Phi) is 2.17. The molecule has 0 radical (unpaired) electrons. The van der Waals surface area contributed by atoms with E-state index in [-0.39, 0.29) is 5.54 Å². The second-order valence-electron chi connectivity index (χ2n) is 3.15. The molecular formula is C10H17N. The van der Waals surface area contributed by atoms with Crippen LogP contribution in [0.25, 0.3) is 0 Å². The van der Waals surface area contributed by atoms with Crippen LogP contribution in [-0.2, 0) is 0 Å². The molecule has 11 heavy (non-hydrogen) atoms. The molecule has 0 spiro atoms. The summed E-state index contributed by atoms with van der Waals surface area (Å²) >= 11 is 0. The minimum absolute atomic E-state index is 0.142. The minimum Gasteiger partial charge on any atom is -0.286 e. The first kappa shape index (κ1) is 8.51. The molecule has 0 heterocycles. The van der Waals surface area contributed by atoms with E-state index in [1.165, 1.54) is 12.0 Å². The third-order valence-corrected chi connectivity index (χ3v) is 2.78. The molecule has 0 aliphatic heterocycles. The molecule has 1 aliphatic carbocycles. The van der Waals surface area contributed by atoms with Crippen molar-refractivity contribution >= 4 is 6.21 Å². The fraction of sp³-hybridized carbons (Fsp3) is 0.700. The number of aliphatic imine (C=N–C) groups is 1. The molecule has 0 aromatic rings. The Labute approximate surface area is 69.2 Å². The smallest absolute Gasteiger partial charge is 0.0876 e. The summed E-state index contributed by atoms with van der Waals surface area (Å²) in [6, 6.07) is 0. The van der Waals surface area contributed by atoms with Crippen LogP contribution in [0.15, 0.2) is 17.1 Å². The quantitative estimate of drug-likeness (QED) is 0.434. The molecule has 2 unspecified atom stereocenters. The highest BCUT2D eigenvalue weighted by molar-refractivity contribution is 5.58. The van der Waals surface area contributed by atoms with Crippen molar-refractivity contribution in [1.82, 2.24) is 0 Å². The molecule has 0 saturated heterocycles. The fourth-order valence-corrected chi connectivity index (χ4v) is 2.05. The summed E-state index contributed by atoms with van der Waals surface area (Å²) < 4.78 is 0. The van der Waals surface area contributed by atoms with Crippen LogP contribution in [0.3, 0.4) is 0 Å². The fourth-order valence-electron chi connectivity index (χ4n) is 2.05. The predicted molar refractivity (Wildman–Crippen MR) is 50.1 cm³/mol. The van der Waals surface area contributed by atoms with E-state index in [9.17, 15) is 0 Å². The molecule has 62 valence electrons. The van der Waals surface area contributed by atoms with Crippen LogP contribution in [0.1, 0.15) is 33.6 Å². The Morgan fingerprint density at radius 3 is 2.55 bits per heavy atom. The summed E-state index contributed by atoms with van der Waals surface area (Å²) in [5, 5.41) is 0. The summed E-state index contributed by atoms with van der Waals surface area (Å²) in [7, 11) is 0. The van der Waals surface area contributed by atoms with Gasteiger partial charge in [-0.3, -0.25) is 4.99 Å². The second-order valence-corrected chi connectivity index (χ2v) is 3.15. The molecular weight excluding hydrogens is 134 g/mol. The van der Waals surface area contributed by atoms with Crippen LogP contribution in [-0.4, -0.2) is 11.8 Å². The normalized spacial score (nSPS) is 36.6. The van der Waals surface area contributed by atoms with E-state index in [4.69, 9.17) is 0 Å². The average Bonchev–Trinajstić information content (AvgIpc) is 2.57. The highest BCUT2D eigenvalue weighted by atomic mass is 14.9. The lowest BCUT2D eigenvalue weighted by atomic mass is 10.1. The van der Waals surface area contributed by atoms with Gasteiger partial charge in [-0.1, -0.05) is 20.4 Å². The third kappa shape index (κ3) is 1.03. The van der Waals surface area contributed by atoms with Crippen molar-refractivity contribution in [3.05, 3.63) is 12.2 Å². The lowest BCUT2D eigenvalue weighted by Gasteiger charge is -2.05. The van der Waals surface area contributed by atoms with Gasteiger partial charge in [0.15, 0.2) is 0 Å². The topological polar surface area (TPSA) is 12.4 Å². The van der Waals surface area contributed by atoms with Crippen molar-refractivity contribution in [3.8, 4) is 0 Å². The molecule has 0 N–H and O–H groups in total. The third-order valence-electron chi connectivity index (χ3n) is 2.78. The molecule has 0 bridgehead atoms. The summed E-state index contributed by atoms with van der Waals surface area (Å²) in [4.78, 5) is 4.49. The monoisotopic (exact) mass is 151 g/mol. The van der Waals surface area contributed by atoms with Gasteiger partial charge in [0.1, 0.15) is 0 Å². The van der Waals surface area contributed by atoms with E-state index in [1.807, 2.05) is 13.1 Å². The van der Waals surface area contributed by atoms with Crippen LogP contribution < -0.4 is 0 Å². The molecule has 1 heteroatoms. The zero-order valence-electron chi connectivity index (χ0n) is 7.72. The lowest BCUT2D eigenvalue weighted by molar-refractivity contribution is 0.572. The van der Waals surface area contributed by atoms with Gasteiger partial charge in [0.25, 0.3) is 0 Å². The van der Waals surface area contributed by atoms with E-state index < -0.39 is 0 Å². The summed E-state index contributed by atoms with van der Waals surface area (Å²) in [5.74, 6) is 0.656. The highest BCUT2D eigenvalue weighted by Gasteiger charge is 2.55. The molecule has 1 fully saturated rings. The molecule has 2 atom stereocenters. The van der Waals surface area contributed by atoms with Crippen molar-refractivity contribution in [3.63, 3.8) is 0 Å². The molecule has 0 amide bonds. The highest BCUT2D eigenvalue weighted by Crippen LogP contribution is 2.55. The van der Waals surface area contributed by atoms with Gasteiger partial charge in [-0.15, -0.1) is 0 Å². The van der Waals surface area contributed by atoms with Gasteiger partial charge in [0.2, 0.25) is 0 Å². The maximum Gasteiger partial charge on any atom is 0.0876 e. The Bertz CT molecular complexity index is 193. The first-order chi connectivity index (χ1) is 5.22. The van der Waals surface area contributed by atoms with Gasteiger partial charge in [-0.05, 0) is 31.6 Å². The number of hydrogen-bond donors (Lipinski definition) is 0. The maximum absolute atomic E-state index is 4.49. The van der Waals surface area contributed by atoms with E-state index in [1.54, 1.807) is 0 Å². The Morgan fingerprint density at radius 2 is 2.27 bits per heavy atom. The number of nitrogens with zero attached hydrogens (tertiary/aromatic N) is 1. The van der Waals surface area contributed by atoms with E-state index >= 15 is 0 Å². The maximum atomic E-state index is 4.49. The first-order valence-electron chi connectivity index (χ1n) is 4.42. The molecule has 0 aromatic heterocycles. The minimum atomic E-state index is 0.142. The van der Waals surface area contributed by atoms with Crippen LogP contribution in [0, 0.1) is 5.92 Å². The second kappa shape index (κ2) is 2.80. The van der Waals surface area contributed by atoms with E-state index in [0.29, 0.717) is 5.92 Å². The van der Waals surface area contributed by atoms with Gasteiger partial charge in [-0.25, -0.2) is 0 Å². The van der Waals surface area contributed by atoms with Gasteiger partial charge in [-0.2, -0.15) is 0 Å². The zero-order valence-corrected chi connectivity index (χ0v) is 7.72. The average molecular weight is 151 g/mol. The van der Waals surface area contributed by atoms with E-state index in [2.05, 4.69) is 25.4 Å². The molecule has 1 saturated carbocycles. The number of hydrogen-bond acceptors (Lipinski definition) is 1. The number of rotatable bonds is 3. The van der Waals surface area contributed by atoms with Crippen LogP contribution in [0.2, 0.25) is 0 Å². The molecule has 1 aliphatic rings. The first-order valence-corrected chi connectivity index (χ1v) is 4.42. The molecule has 1 rings (SSSR count). The van der Waals surface area contributed by atoms with Crippen LogP contribution in [0.4, 0.5) is 0 Å². The van der Waals surface area contributed by atoms with Crippen LogP contribution >= 0.6 is 0 Å².